The summed E-state index contributed by atoms with van der Waals surface area (Å²) in [5, 5.41) is -0.166. The van der Waals surface area contributed by atoms with Gasteiger partial charge in [0.05, 0.1) is 5.02 Å². The lowest BCUT2D eigenvalue weighted by Gasteiger charge is -2.14. The van der Waals surface area contributed by atoms with Gasteiger partial charge < -0.3 is 4.42 Å². The fraction of sp³-hybridized carbons (Fsp3) is 0.154. The first-order chi connectivity index (χ1) is 11.1. The van der Waals surface area contributed by atoms with Gasteiger partial charge in [-0.1, -0.05) is 11.6 Å². The normalized spacial score (nSPS) is 12.1. The van der Waals surface area contributed by atoms with Gasteiger partial charge in [-0.15, -0.1) is 0 Å². The van der Waals surface area contributed by atoms with Crippen molar-refractivity contribution >= 4 is 22.7 Å². The molecule has 6 nitrogen and oxygen atoms in total. The van der Waals surface area contributed by atoms with Crippen LogP contribution >= 0.6 is 11.6 Å². The summed E-state index contributed by atoms with van der Waals surface area (Å²) in [7, 11) is 0.814. The Morgan fingerprint density at radius 1 is 1.25 bits per heavy atom. The van der Waals surface area contributed by atoms with Crippen LogP contribution in [0.4, 0.5) is 17.6 Å². The second-order valence-electron chi connectivity index (χ2n) is 4.76. The molecular formula is C13H6ClF4N3O3. The molecular weight excluding hydrogens is 358 g/mol. The quantitative estimate of drug-likeness (QED) is 0.623. The van der Waals surface area contributed by atoms with Gasteiger partial charge in [-0.3, -0.25) is 9.36 Å². The van der Waals surface area contributed by atoms with Crippen LogP contribution in [-0.4, -0.2) is 14.1 Å². The van der Waals surface area contributed by atoms with Crippen molar-refractivity contribution < 1.29 is 22.0 Å². The lowest BCUT2D eigenvalue weighted by molar-refractivity contribution is -0.144. The molecule has 0 fully saturated rings. The van der Waals surface area contributed by atoms with Crippen molar-refractivity contribution in [3.63, 3.8) is 0 Å². The highest BCUT2D eigenvalue weighted by Gasteiger charge is 2.35. The SMILES string of the molecule is Cn1c(C(F)(F)F)cc(=O)n(-c2c(F)cc(Cl)c3ocnc23)c1=O. The Kier molecular flexibility index (Phi) is 3.52. The van der Waals surface area contributed by atoms with Crippen LogP contribution < -0.4 is 11.2 Å². The van der Waals surface area contributed by atoms with Crippen LogP contribution in [0.15, 0.2) is 32.5 Å². The number of rotatable bonds is 1. The van der Waals surface area contributed by atoms with E-state index < -0.39 is 34.6 Å². The minimum atomic E-state index is -4.92. The molecule has 0 aliphatic heterocycles. The van der Waals surface area contributed by atoms with E-state index in [1.54, 1.807) is 0 Å². The lowest BCUT2D eigenvalue weighted by Crippen LogP contribution is -2.41. The molecule has 126 valence electrons. The zero-order valence-corrected chi connectivity index (χ0v) is 12.4. The molecule has 0 aliphatic carbocycles. The lowest BCUT2D eigenvalue weighted by atomic mass is 10.2. The fourth-order valence-electron chi connectivity index (χ4n) is 2.26. The van der Waals surface area contributed by atoms with E-state index in [4.69, 9.17) is 16.0 Å². The molecule has 0 radical (unpaired) electrons. The third-order valence-corrected chi connectivity index (χ3v) is 3.60. The van der Waals surface area contributed by atoms with Crippen molar-refractivity contribution in [3.8, 4) is 5.69 Å². The Balaban J connectivity index is 2.46. The summed E-state index contributed by atoms with van der Waals surface area (Å²) < 4.78 is 58.2. The number of oxazole rings is 1. The predicted molar refractivity (Wildman–Crippen MR) is 74.8 cm³/mol. The smallest absolute Gasteiger partial charge is 0.431 e. The molecule has 0 spiro atoms. The van der Waals surface area contributed by atoms with E-state index in [2.05, 4.69) is 4.98 Å². The molecule has 0 aliphatic rings. The minimum Gasteiger partial charge on any atom is -0.442 e. The Labute approximate surface area is 134 Å². The third kappa shape index (κ3) is 2.30. The number of fused-ring (bicyclic) bond motifs is 1. The summed E-state index contributed by atoms with van der Waals surface area (Å²) in [4.78, 5) is 28.0. The monoisotopic (exact) mass is 363 g/mol. The molecule has 3 aromatic rings. The van der Waals surface area contributed by atoms with Gasteiger partial charge in [0, 0.05) is 13.1 Å². The molecule has 1 aromatic carbocycles. The molecule has 0 bridgehead atoms. The highest BCUT2D eigenvalue weighted by molar-refractivity contribution is 6.35. The first kappa shape index (κ1) is 16.2. The molecule has 2 heterocycles. The van der Waals surface area contributed by atoms with Gasteiger partial charge >= 0.3 is 11.9 Å². The molecule has 11 heteroatoms. The molecule has 0 unspecified atom stereocenters. The number of benzene rings is 1. The van der Waals surface area contributed by atoms with E-state index in [0.717, 1.165) is 19.5 Å². The molecule has 0 atom stereocenters. The molecule has 0 saturated heterocycles. The highest BCUT2D eigenvalue weighted by atomic mass is 35.5. The highest BCUT2D eigenvalue weighted by Crippen LogP contribution is 2.30. The Hall–Kier alpha value is -2.62. The van der Waals surface area contributed by atoms with Crippen LogP contribution in [0.25, 0.3) is 16.8 Å². The van der Waals surface area contributed by atoms with E-state index in [1.165, 1.54) is 0 Å². The first-order valence-electron chi connectivity index (χ1n) is 6.24. The number of hydrogen-bond acceptors (Lipinski definition) is 4. The van der Waals surface area contributed by atoms with Gasteiger partial charge in [-0.2, -0.15) is 13.2 Å². The van der Waals surface area contributed by atoms with E-state index in [0.29, 0.717) is 0 Å². The molecule has 0 N–H and O–H groups in total. The Morgan fingerprint density at radius 3 is 2.54 bits per heavy atom. The van der Waals surface area contributed by atoms with Crippen molar-refractivity contribution in [2.24, 2.45) is 7.05 Å². The molecule has 0 saturated carbocycles. The van der Waals surface area contributed by atoms with Gasteiger partial charge in [0.1, 0.15) is 16.9 Å². The Morgan fingerprint density at radius 2 is 1.92 bits per heavy atom. The standard InChI is InChI=1S/C13H6ClF4N3O3/c1-20-7(13(16,17)18)3-8(22)21(12(20)23)10-6(15)2-5(14)11-9(10)19-4-24-11/h2-4H,1H3. The van der Waals surface area contributed by atoms with E-state index in [9.17, 15) is 27.2 Å². The second kappa shape index (κ2) is 5.20. The number of aromatic nitrogens is 3. The maximum absolute atomic E-state index is 14.3. The summed E-state index contributed by atoms with van der Waals surface area (Å²) in [6.45, 7) is 0. The van der Waals surface area contributed by atoms with Crippen molar-refractivity contribution in [3.05, 3.63) is 55.9 Å². The third-order valence-electron chi connectivity index (χ3n) is 3.32. The molecule has 2 aromatic heterocycles. The fourth-order valence-corrected chi connectivity index (χ4v) is 2.49. The van der Waals surface area contributed by atoms with Crippen LogP contribution in [0.5, 0.6) is 0 Å². The first-order valence-corrected chi connectivity index (χ1v) is 6.62. The van der Waals surface area contributed by atoms with Gasteiger partial charge in [0.15, 0.2) is 17.8 Å². The summed E-state index contributed by atoms with van der Waals surface area (Å²) in [5.41, 5.74) is -5.22. The van der Waals surface area contributed by atoms with Gasteiger partial charge in [0.2, 0.25) is 0 Å². The van der Waals surface area contributed by atoms with Gasteiger partial charge in [-0.05, 0) is 6.07 Å². The molecule has 3 rings (SSSR count). The van der Waals surface area contributed by atoms with Crippen LogP contribution in [0.1, 0.15) is 5.69 Å². The molecule has 0 amide bonds. The summed E-state index contributed by atoms with van der Waals surface area (Å²) in [6, 6.07) is 0.968. The zero-order chi connectivity index (χ0) is 17.8. The minimum absolute atomic E-state index is 0.109. The summed E-state index contributed by atoms with van der Waals surface area (Å²) >= 11 is 5.77. The van der Waals surface area contributed by atoms with Crippen molar-refractivity contribution in [2.75, 3.05) is 0 Å². The van der Waals surface area contributed by atoms with Gasteiger partial charge in [-0.25, -0.2) is 18.7 Å². The van der Waals surface area contributed by atoms with Crippen molar-refractivity contribution in [1.29, 1.82) is 0 Å². The Bertz CT molecular complexity index is 1080. The van der Waals surface area contributed by atoms with Crippen LogP contribution in [0, 0.1) is 5.82 Å². The number of alkyl halides is 3. The van der Waals surface area contributed by atoms with Crippen LogP contribution in [0.3, 0.4) is 0 Å². The van der Waals surface area contributed by atoms with E-state index >= 15 is 0 Å². The average molecular weight is 364 g/mol. The van der Waals surface area contributed by atoms with E-state index in [1.807, 2.05) is 0 Å². The summed E-state index contributed by atoms with van der Waals surface area (Å²) in [5.74, 6) is -1.11. The number of hydrogen-bond donors (Lipinski definition) is 0. The molecule has 24 heavy (non-hydrogen) atoms. The van der Waals surface area contributed by atoms with Gasteiger partial charge in [0.25, 0.3) is 5.56 Å². The second-order valence-corrected chi connectivity index (χ2v) is 5.17. The van der Waals surface area contributed by atoms with Crippen molar-refractivity contribution in [1.82, 2.24) is 14.1 Å². The predicted octanol–water partition coefficient (Wildman–Crippen LogP) is 2.49. The topological polar surface area (TPSA) is 70.0 Å². The average Bonchev–Trinajstić information content (AvgIpc) is 2.94. The van der Waals surface area contributed by atoms with Crippen LogP contribution in [-0.2, 0) is 13.2 Å². The largest absolute Gasteiger partial charge is 0.442 e. The maximum atomic E-state index is 14.3. The summed E-state index contributed by atoms with van der Waals surface area (Å²) in [6.07, 6.45) is -4.02. The van der Waals surface area contributed by atoms with E-state index in [-0.39, 0.29) is 31.3 Å². The number of nitrogens with zero attached hydrogens (tertiary/aromatic N) is 3. The van der Waals surface area contributed by atoms with Crippen molar-refractivity contribution in [2.45, 2.75) is 6.18 Å². The maximum Gasteiger partial charge on any atom is 0.431 e. The zero-order valence-electron chi connectivity index (χ0n) is 11.7. The van der Waals surface area contributed by atoms with Crippen LogP contribution in [0.2, 0.25) is 5.02 Å². The number of halogens is 5.